The highest BCUT2D eigenvalue weighted by Crippen LogP contribution is 2.32. The Kier molecular flexibility index (Phi) is 5.02. The van der Waals surface area contributed by atoms with Crippen molar-refractivity contribution in [2.75, 3.05) is 7.05 Å². The molecular weight excluding hydrogens is 254 g/mol. The number of nitrogens with one attached hydrogen (secondary N) is 1. The molecule has 0 spiro atoms. The maximum Gasteiger partial charge on any atom is 0.220 e. The fourth-order valence-corrected chi connectivity index (χ4v) is 3.52. The van der Waals surface area contributed by atoms with E-state index in [0.717, 1.165) is 12.8 Å². The molecule has 3 N–H and O–H groups in total. The van der Waals surface area contributed by atoms with Crippen molar-refractivity contribution in [3.8, 4) is 0 Å². The van der Waals surface area contributed by atoms with Crippen molar-refractivity contribution in [1.29, 1.82) is 0 Å². The standard InChI is InChI=1S/C15H27N3O2/c1-10(15(16)20)6-7-14(19)17-11-8-12-4-3-5-13(9-11)18(12)2/h10-13H,3-9H2,1-2H3,(H2,16,20)(H,17,19)/t10?,11?,12-,13?/m0/s1. The van der Waals surface area contributed by atoms with Crippen LogP contribution in [0.3, 0.4) is 0 Å². The highest BCUT2D eigenvalue weighted by molar-refractivity contribution is 5.79. The van der Waals surface area contributed by atoms with E-state index in [1.807, 2.05) is 0 Å². The van der Waals surface area contributed by atoms with Crippen LogP contribution in [0, 0.1) is 5.92 Å². The van der Waals surface area contributed by atoms with Crippen LogP contribution in [0.2, 0.25) is 0 Å². The van der Waals surface area contributed by atoms with Crippen LogP contribution in [-0.2, 0) is 9.59 Å². The van der Waals surface area contributed by atoms with Gasteiger partial charge in [-0.05, 0) is 39.2 Å². The molecule has 2 fully saturated rings. The molecule has 4 atom stereocenters. The maximum absolute atomic E-state index is 12.0. The molecule has 2 saturated heterocycles. The minimum absolute atomic E-state index is 0.0609. The molecule has 2 rings (SSSR count). The van der Waals surface area contributed by atoms with E-state index >= 15 is 0 Å². The average molecular weight is 281 g/mol. The van der Waals surface area contributed by atoms with Gasteiger partial charge in [-0.3, -0.25) is 9.59 Å². The monoisotopic (exact) mass is 281 g/mol. The van der Waals surface area contributed by atoms with Crippen molar-refractivity contribution in [2.24, 2.45) is 11.7 Å². The highest BCUT2D eigenvalue weighted by atomic mass is 16.2. The number of piperidine rings is 2. The summed E-state index contributed by atoms with van der Waals surface area (Å²) >= 11 is 0. The molecule has 2 amide bonds. The molecule has 0 aromatic heterocycles. The van der Waals surface area contributed by atoms with Crippen LogP contribution in [0.1, 0.15) is 51.9 Å². The Balaban J connectivity index is 1.76. The fourth-order valence-electron chi connectivity index (χ4n) is 3.52. The van der Waals surface area contributed by atoms with Crippen molar-refractivity contribution in [3.05, 3.63) is 0 Å². The van der Waals surface area contributed by atoms with Gasteiger partial charge < -0.3 is 16.0 Å². The number of primary amides is 1. The largest absolute Gasteiger partial charge is 0.369 e. The first-order chi connectivity index (χ1) is 9.47. The number of nitrogens with two attached hydrogens (primary N) is 1. The van der Waals surface area contributed by atoms with Crippen molar-refractivity contribution in [1.82, 2.24) is 10.2 Å². The minimum atomic E-state index is -0.327. The van der Waals surface area contributed by atoms with Gasteiger partial charge in [0.1, 0.15) is 0 Å². The topological polar surface area (TPSA) is 75.4 Å². The van der Waals surface area contributed by atoms with Crippen molar-refractivity contribution < 1.29 is 9.59 Å². The summed E-state index contributed by atoms with van der Waals surface area (Å²) in [7, 11) is 2.21. The van der Waals surface area contributed by atoms with Gasteiger partial charge in [-0.1, -0.05) is 13.3 Å². The number of hydrogen-bond donors (Lipinski definition) is 2. The predicted octanol–water partition coefficient (Wildman–Crippen LogP) is 1.02. The Labute approximate surface area is 121 Å². The quantitative estimate of drug-likeness (QED) is 0.790. The predicted molar refractivity (Wildman–Crippen MR) is 77.9 cm³/mol. The van der Waals surface area contributed by atoms with Crippen LogP contribution in [0.25, 0.3) is 0 Å². The first kappa shape index (κ1) is 15.3. The first-order valence-electron chi connectivity index (χ1n) is 7.78. The highest BCUT2D eigenvalue weighted by Gasteiger charge is 2.36. The molecule has 2 bridgehead atoms. The SMILES string of the molecule is CC(CCC(=O)NC1CC2CCC[C@@H](C1)N2C)C(N)=O. The second-order valence-electron chi connectivity index (χ2n) is 6.48. The Morgan fingerprint density at radius 2 is 1.90 bits per heavy atom. The number of rotatable bonds is 5. The molecule has 114 valence electrons. The smallest absolute Gasteiger partial charge is 0.220 e. The van der Waals surface area contributed by atoms with Crippen LogP contribution in [0.5, 0.6) is 0 Å². The lowest BCUT2D eigenvalue weighted by molar-refractivity contribution is -0.124. The molecule has 0 aromatic carbocycles. The molecule has 5 nitrogen and oxygen atoms in total. The molecule has 3 unspecified atom stereocenters. The van der Waals surface area contributed by atoms with Gasteiger partial charge in [0.25, 0.3) is 0 Å². The van der Waals surface area contributed by atoms with Crippen LogP contribution < -0.4 is 11.1 Å². The second-order valence-corrected chi connectivity index (χ2v) is 6.48. The lowest BCUT2D eigenvalue weighted by Crippen LogP contribution is -2.55. The number of amides is 2. The molecule has 20 heavy (non-hydrogen) atoms. The summed E-state index contributed by atoms with van der Waals surface area (Å²) in [6.45, 7) is 1.77. The van der Waals surface area contributed by atoms with Gasteiger partial charge in [0.2, 0.25) is 11.8 Å². The van der Waals surface area contributed by atoms with Gasteiger partial charge in [0.05, 0.1) is 0 Å². The summed E-state index contributed by atoms with van der Waals surface area (Å²) < 4.78 is 0. The first-order valence-corrected chi connectivity index (χ1v) is 7.78. The summed E-state index contributed by atoms with van der Waals surface area (Å²) in [4.78, 5) is 25.4. The van der Waals surface area contributed by atoms with Crippen LogP contribution in [0.15, 0.2) is 0 Å². The molecule has 2 heterocycles. The number of hydrogen-bond acceptors (Lipinski definition) is 3. The lowest BCUT2D eigenvalue weighted by Gasteiger charge is -2.47. The Bertz CT molecular complexity index is 358. The third-order valence-electron chi connectivity index (χ3n) is 5.00. The van der Waals surface area contributed by atoms with Crippen LogP contribution in [0.4, 0.5) is 0 Å². The maximum atomic E-state index is 12.0. The zero-order chi connectivity index (χ0) is 14.7. The third kappa shape index (κ3) is 3.72. The number of carbonyl (C=O) groups excluding carboxylic acids is 2. The Hall–Kier alpha value is -1.10. The fraction of sp³-hybridized carbons (Fsp3) is 0.867. The Morgan fingerprint density at radius 1 is 1.30 bits per heavy atom. The van der Waals surface area contributed by atoms with E-state index in [4.69, 9.17) is 5.73 Å². The van der Waals surface area contributed by atoms with E-state index in [1.165, 1.54) is 19.3 Å². The number of nitrogens with zero attached hydrogens (tertiary/aromatic N) is 1. The second kappa shape index (κ2) is 6.57. The normalized spacial score (nSPS) is 31.6. The summed E-state index contributed by atoms with van der Waals surface area (Å²) in [6, 6.07) is 1.55. The molecular formula is C15H27N3O2. The molecule has 2 aliphatic heterocycles. The molecule has 2 aliphatic rings. The van der Waals surface area contributed by atoms with E-state index in [9.17, 15) is 9.59 Å². The minimum Gasteiger partial charge on any atom is -0.369 e. The van der Waals surface area contributed by atoms with Gasteiger partial charge in [0, 0.05) is 30.5 Å². The molecule has 0 aliphatic carbocycles. The zero-order valence-corrected chi connectivity index (χ0v) is 12.6. The molecule has 0 radical (unpaired) electrons. The average Bonchev–Trinajstić information content (AvgIpc) is 2.37. The van der Waals surface area contributed by atoms with Gasteiger partial charge in [-0.25, -0.2) is 0 Å². The van der Waals surface area contributed by atoms with Gasteiger partial charge >= 0.3 is 0 Å². The van der Waals surface area contributed by atoms with Crippen molar-refractivity contribution in [3.63, 3.8) is 0 Å². The zero-order valence-electron chi connectivity index (χ0n) is 12.6. The molecule has 5 heteroatoms. The molecule has 0 saturated carbocycles. The van der Waals surface area contributed by atoms with E-state index in [-0.39, 0.29) is 17.7 Å². The van der Waals surface area contributed by atoms with Crippen LogP contribution >= 0.6 is 0 Å². The van der Waals surface area contributed by atoms with Crippen molar-refractivity contribution >= 4 is 11.8 Å². The summed E-state index contributed by atoms with van der Waals surface area (Å²) in [5.41, 5.74) is 5.21. The Morgan fingerprint density at radius 3 is 2.45 bits per heavy atom. The van der Waals surface area contributed by atoms with Crippen LogP contribution in [-0.4, -0.2) is 41.9 Å². The third-order valence-corrected chi connectivity index (χ3v) is 5.00. The number of fused-ring (bicyclic) bond motifs is 2. The summed E-state index contributed by atoms with van der Waals surface area (Å²) in [6.07, 6.45) is 6.87. The summed E-state index contributed by atoms with van der Waals surface area (Å²) in [5, 5.41) is 3.14. The van der Waals surface area contributed by atoms with Crippen molar-refractivity contribution in [2.45, 2.75) is 70.0 Å². The summed E-state index contributed by atoms with van der Waals surface area (Å²) in [5.74, 6) is -0.491. The lowest BCUT2D eigenvalue weighted by atomic mass is 9.82. The van der Waals surface area contributed by atoms with Gasteiger partial charge in [-0.15, -0.1) is 0 Å². The number of carbonyl (C=O) groups is 2. The van der Waals surface area contributed by atoms with E-state index in [1.54, 1.807) is 6.92 Å². The van der Waals surface area contributed by atoms with E-state index in [2.05, 4.69) is 17.3 Å². The van der Waals surface area contributed by atoms with E-state index < -0.39 is 0 Å². The van der Waals surface area contributed by atoms with Gasteiger partial charge in [-0.2, -0.15) is 0 Å². The van der Waals surface area contributed by atoms with E-state index in [0.29, 0.717) is 31.0 Å². The molecule has 0 aromatic rings. The van der Waals surface area contributed by atoms with Gasteiger partial charge in [0.15, 0.2) is 0 Å².